The summed E-state index contributed by atoms with van der Waals surface area (Å²) in [7, 11) is 0. The molecular weight excluding hydrogens is 194 g/mol. The highest BCUT2D eigenvalue weighted by Gasteiger charge is 2.21. The molecule has 0 aromatic carbocycles. The highest BCUT2D eigenvalue weighted by atomic mass is 16.1. The molecule has 0 radical (unpaired) electrons. The van der Waals surface area contributed by atoms with Crippen molar-refractivity contribution in [1.29, 1.82) is 5.26 Å². The molecule has 0 amide bonds. The summed E-state index contributed by atoms with van der Waals surface area (Å²) in [6.07, 6.45) is 0.518. The molecule has 1 aliphatic rings. The first-order chi connectivity index (χ1) is 7.20. The van der Waals surface area contributed by atoms with Gasteiger partial charge in [0.25, 0.3) is 5.56 Å². The average Bonchev–Trinajstić information content (AvgIpc) is 2.68. The fourth-order valence-electron chi connectivity index (χ4n) is 1.81. The van der Waals surface area contributed by atoms with Crippen LogP contribution in [-0.4, -0.2) is 17.4 Å². The molecule has 1 aromatic rings. The largest absolute Gasteiger partial charge is 0.368 e. The summed E-state index contributed by atoms with van der Waals surface area (Å²) in [5.74, 6) is 0.533. The molecule has 5 heteroatoms. The second-order valence-corrected chi connectivity index (χ2v) is 3.38. The molecule has 0 aliphatic carbocycles. The molecule has 0 spiro atoms. The maximum atomic E-state index is 11.8. The number of fused-ring (bicyclic) bond motifs is 1. The van der Waals surface area contributed by atoms with E-state index in [1.807, 2.05) is 6.07 Å². The molecule has 5 nitrogen and oxygen atoms in total. The van der Waals surface area contributed by atoms with E-state index < -0.39 is 0 Å². The molecule has 0 unspecified atom stereocenters. The van der Waals surface area contributed by atoms with E-state index in [0.717, 1.165) is 0 Å². The Morgan fingerprint density at radius 2 is 2.33 bits per heavy atom. The number of nitrogens with zero attached hydrogens (tertiary/aromatic N) is 2. The van der Waals surface area contributed by atoms with Gasteiger partial charge in [0.2, 0.25) is 0 Å². The molecule has 1 aliphatic heterocycles. The monoisotopic (exact) mass is 203 g/mol. The van der Waals surface area contributed by atoms with Crippen molar-refractivity contribution < 1.29 is 4.79 Å². The first kappa shape index (κ1) is 9.46. The maximum Gasteiger partial charge on any atom is 0.263 e. The zero-order chi connectivity index (χ0) is 11.0. The van der Waals surface area contributed by atoms with Gasteiger partial charge in [0.1, 0.15) is 11.9 Å². The van der Waals surface area contributed by atoms with Crippen molar-refractivity contribution in [2.45, 2.75) is 13.5 Å². The molecule has 15 heavy (non-hydrogen) atoms. The summed E-state index contributed by atoms with van der Waals surface area (Å²) in [5, 5.41) is 11.9. The van der Waals surface area contributed by atoms with Gasteiger partial charge in [-0.3, -0.25) is 14.2 Å². The minimum atomic E-state index is -0.318. The summed E-state index contributed by atoms with van der Waals surface area (Å²) < 4.78 is 1.44. The van der Waals surface area contributed by atoms with Crippen molar-refractivity contribution in [3.63, 3.8) is 0 Å². The van der Waals surface area contributed by atoms with E-state index >= 15 is 0 Å². The lowest BCUT2D eigenvalue weighted by Crippen LogP contribution is -2.24. The lowest BCUT2D eigenvalue weighted by molar-refractivity contribution is 0.112. The van der Waals surface area contributed by atoms with E-state index in [0.29, 0.717) is 36.3 Å². The predicted molar refractivity (Wildman–Crippen MR) is 54.0 cm³/mol. The number of carbonyl (C=O) groups excluding carboxylic acids is 1. The number of hydrogen-bond acceptors (Lipinski definition) is 4. The van der Waals surface area contributed by atoms with Gasteiger partial charge in [0, 0.05) is 13.1 Å². The van der Waals surface area contributed by atoms with E-state index in [1.54, 1.807) is 6.92 Å². The molecule has 0 bridgehead atoms. The van der Waals surface area contributed by atoms with Crippen LogP contribution in [0.2, 0.25) is 0 Å². The third-order valence-corrected chi connectivity index (χ3v) is 2.62. The highest BCUT2D eigenvalue weighted by molar-refractivity contribution is 5.80. The zero-order valence-corrected chi connectivity index (χ0v) is 8.20. The van der Waals surface area contributed by atoms with Crippen LogP contribution in [0.5, 0.6) is 0 Å². The van der Waals surface area contributed by atoms with E-state index in [4.69, 9.17) is 5.26 Å². The summed E-state index contributed by atoms with van der Waals surface area (Å²) >= 11 is 0. The Kier molecular flexibility index (Phi) is 2.05. The molecule has 1 aromatic heterocycles. The van der Waals surface area contributed by atoms with Gasteiger partial charge in [-0.25, -0.2) is 0 Å². The third kappa shape index (κ3) is 1.15. The Labute approximate surface area is 85.9 Å². The Morgan fingerprint density at radius 3 is 2.93 bits per heavy atom. The minimum absolute atomic E-state index is 0.0824. The van der Waals surface area contributed by atoms with Gasteiger partial charge in [-0.2, -0.15) is 5.26 Å². The standard InChI is InChI=1S/C10H9N3O2/c1-6-7(4-11)9-12-2-3-13(9)10(15)8(6)5-14/h5,12H,2-3H2,1H3. The average molecular weight is 203 g/mol. The maximum absolute atomic E-state index is 11.8. The number of pyridine rings is 1. The van der Waals surface area contributed by atoms with Gasteiger partial charge in [0.15, 0.2) is 6.29 Å². The second-order valence-electron chi connectivity index (χ2n) is 3.38. The molecule has 0 saturated heterocycles. The van der Waals surface area contributed by atoms with Gasteiger partial charge >= 0.3 is 0 Å². The normalized spacial score (nSPS) is 12.8. The first-order valence-corrected chi connectivity index (χ1v) is 4.57. The van der Waals surface area contributed by atoms with Crippen LogP contribution in [0.3, 0.4) is 0 Å². The van der Waals surface area contributed by atoms with E-state index in [-0.39, 0.29) is 11.1 Å². The highest BCUT2D eigenvalue weighted by Crippen LogP contribution is 2.21. The van der Waals surface area contributed by atoms with Crippen LogP contribution in [0.25, 0.3) is 0 Å². The van der Waals surface area contributed by atoms with Crippen LogP contribution in [-0.2, 0) is 6.54 Å². The Balaban J connectivity index is 2.91. The lowest BCUT2D eigenvalue weighted by Gasteiger charge is -2.08. The fourth-order valence-corrected chi connectivity index (χ4v) is 1.81. The van der Waals surface area contributed by atoms with E-state index in [2.05, 4.69) is 5.32 Å². The van der Waals surface area contributed by atoms with Gasteiger partial charge in [-0.15, -0.1) is 0 Å². The molecule has 0 fully saturated rings. The summed E-state index contributed by atoms with van der Waals surface area (Å²) in [4.78, 5) is 22.5. The van der Waals surface area contributed by atoms with E-state index in [9.17, 15) is 9.59 Å². The van der Waals surface area contributed by atoms with Crippen LogP contribution >= 0.6 is 0 Å². The smallest absolute Gasteiger partial charge is 0.263 e. The molecule has 2 heterocycles. The predicted octanol–water partition coefficient (Wildman–Crippen LogP) is 0.266. The number of aldehydes is 1. The summed E-state index contributed by atoms with van der Waals surface area (Å²) in [6.45, 7) is 2.74. The Bertz CT molecular complexity index is 537. The van der Waals surface area contributed by atoms with Gasteiger partial charge in [-0.05, 0) is 12.5 Å². The molecule has 1 N–H and O–H groups in total. The number of nitrogens with one attached hydrogen (secondary N) is 1. The molecule has 76 valence electrons. The lowest BCUT2D eigenvalue weighted by atomic mass is 10.1. The van der Waals surface area contributed by atoms with Gasteiger partial charge in [-0.1, -0.05) is 0 Å². The zero-order valence-electron chi connectivity index (χ0n) is 8.20. The second kappa shape index (κ2) is 3.24. The molecule has 2 rings (SSSR count). The SMILES string of the molecule is Cc1c(C#N)c2n(c(=O)c1C=O)CCN2. The molecule has 0 saturated carbocycles. The number of anilines is 1. The van der Waals surface area contributed by atoms with Crippen molar-refractivity contribution in [2.75, 3.05) is 11.9 Å². The number of hydrogen-bond donors (Lipinski definition) is 1. The van der Waals surface area contributed by atoms with Crippen LogP contribution in [0.4, 0.5) is 5.82 Å². The van der Waals surface area contributed by atoms with Crippen molar-refractivity contribution >= 4 is 12.1 Å². The van der Waals surface area contributed by atoms with Crippen molar-refractivity contribution in [2.24, 2.45) is 0 Å². The third-order valence-electron chi connectivity index (χ3n) is 2.62. The number of nitriles is 1. The van der Waals surface area contributed by atoms with Crippen molar-refractivity contribution in [1.82, 2.24) is 4.57 Å². The van der Waals surface area contributed by atoms with Crippen molar-refractivity contribution in [3.05, 3.63) is 27.0 Å². The topological polar surface area (TPSA) is 74.9 Å². The Hall–Kier alpha value is -2.09. The van der Waals surface area contributed by atoms with Gasteiger partial charge in [0.05, 0.1) is 11.1 Å². The minimum Gasteiger partial charge on any atom is -0.368 e. The molecular formula is C10H9N3O2. The molecule has 0 atom stereocenters. The number of rotatable bonds is 1. The van der Waals surface area contributed by atoms with Crippen LogP contribution in [0.1, 0.15) is 21.5 Å². The number of carbonyl (C=O) groups is 1. The van der Waals surface area contributed by atoms with Crippen LogP contribution < -0.4 is 10.9 Å². The first-order valence-electron chi connectivity index (χ1n) is 4.57. The summed E-state index contributed by atoms with van der Waals surface area (Å²) in [5.41, 5.74) is 0.604. The Morgan fingerprint density at radius 1 is 1.60 bits per heavy atom. The quantitative estimate of drug-likeness (QED) is 0.664. The van der Waals surface area contributed by atoms with Crippen LogP contribution in [0, 0.1) is 18.3 Å². The van der Waals surface area contributed by atoms with Gasteiger partial charge < -0.3 is 5.32 Å². The van der Waals surface area contributed by atoms with Crippen molar-refractivity contribution in [3.8, 4) is 6.07 Å². The van der Waals surface area contributed by atoms with Crippen LogP contribution in [0.15, 0.2) is 4.79 Å². The number of aromatic nitrogens is 1. The van der Waals surface area contributed by atoms with E-state index in [1.165, 1.54) is 4.57 Å². The summed E-state index contributed by atoms with van der Waals surface area (Å²) in [6, 6.07) is 2.02. The fraction of sp³-hybridized carbons (Fsp3) is 0.300.